The van der Waals surface area contributed by atoms with E-state index >= 15 is 0 Å². The van der Waals surface area contributed by atoms with Gasteiger partial charge in [0.1, 0.15) is 16.2 Å². The van der Waals surface area contributed by atoms with Gasteiger partial charge in [-0.3, -0.25) is 4.90 Å². The lowest BCUT2D eigenvalue weighted by atomic mass is 10.1. The van der Waals surface area contributed by atoms with Gasteiger partial charge in [-0.1, -0.05) is 11.6 Å². The lowest BCUT2D eigenvalue weighted by Crippen LogP contribution is -2.50. The number of alkyl halides is 3. The number of imidazole rings is 1. The van der Waals surface area contributed by atoms with Crippen LogP contribution in [0, 0.1) is 0 Å². The van der Waals surface area contributed by atoms with Gasteiger partial charge in [0.05, 0.1) is 17.9 Å². The zero-order valence-electron chi connectivity index (χ0n) is 22.3. The minimum atomic E-state index is -4.52. The highest BCUT2D eigenvalue weighted by Gasteiger charge is 2.32. The number of rotatable bonds is 9. The van der Waals surface area contributed by atoms with E-state index in [9.17, 15) is 13.2 Å². The van der Waals surface area contributed by atoms with E-state index in [-0.39, 0.29) is 39.9 Å². The van der Waals surface area contributed by atoms with Gasteiger partial charge in [-0.15, -0.1) is 0 Å². The van der Waals surface area contributed by atoms with Gasteiger partial charge in [-0.05, 0) is 23.8 Å². The monoisotopic (exact) mass is 589 g/mol. The Morgan fingerprint density at radius 3 is 2.63 bits per heavy atom. The Bertz CT molecular complexity index is 1600. The van der Waals surface area contributed by atoms with E-state index in [4.69, 9.17) is 26.8 Å². The summed E-state index contributed by atoms with van der Waals surface area (Å²) >= 11 is 6.70. The van der Waals surface area contributed by atoms with Gasteiger partial charge in [0.15, 0.2) is 23.0 Å². The largest absolute Gasteiger partial charge is 0.450 e. The fraction of sp³-hybridized carbons (Fsp3) is 0.308. The summed E-state index contributed by atoms with van der Waals surface area (Å²) in [4.78, 5) is 19.3. The van der Waals surface area contributed by atoms with Crippen molar-refractivity contribution in [2.75, 3.05) is 37.9 Å². The molecule has 0 bridgehead atoms. The average Bonchev–Trinajstić information content (AvgIpc) is 3.24. The van der Waals surface area contributed by atoms with Crippen molar-refractivity contribution in [2.24, 2.45) is 12.8 Å². The van der Waals surface area contributed by atoms with Crippen molar-refractivity contribution in [2.45, 2.75) is 18.8 Å². The number of pyridine rings is 1. The molecule has 1 aliphatic rings. The third-order valence-corrected chi connectivity index (χ3v) is 6.95. The van der Waals surface area contributed by atoms with Gasteiger partial charge in [-0.25, -0.2) is 15.0 Å². The lowest BCUT2D eigenvalue weighted by Gasteiger charge is -2.38. The normalized spacial score (nSPS) is 14.8. The molecule has 1 aromatic carbocycles. The maximum absolute atomic E-state index is 13.7. The van der Waals surface area contributed by atoms with Gasteiger partial charge in [0.25, 0.3) is 0 Å². The number of fused-ring (bicyclic) bond motifs is 1. The molecule has 1 fully saturated rings. The van der Waals surface area contributed by atoms with Crippen LogP contribution in [0.2, 0.25) is 5.02 Å². The molecule has 1 aliphatic heterocycles. The molecule has 15 heteroatoms. The molecule has 11 nitrogen and oxygen atoms in total. The lowest BCUT2D eigenvalue weighted by molar-refractivity contribution is -0.137. The number of nitrogens with two attached hydrogens (primary N) is 1. The smallest absolute Gasteiger partial charge is 0.416 e. The number of benzene rings is 1. The maximum atomic E-state index is 13.7. The van der Waals surface area contributed by atoms with Gasteiger partial charge in [0.2, 0.25) is 5.95 Å². The second kappa shape index (κ2) is 11.4. The highest BCUT2D eigenvalue weighted by molar-refractivity contribution is 6.36. The number of aromatic nitrogens is 5. The summed E-state index contributed by atoms with van der Waals surface area (Å²) in [6, 6.07) is 3.86. The Morgan fingerprint density at radius 1 is 1.20 bits per heavy atom. The Balaban J connectivity index is 1.44. The molecule has 1 saturated heterocycles. The minimum Gasteiger partial charge on any atom is -0.450 e. The molecule has 0 unspecified atom stereocenters. The van der Waals surface area contributed by atoms with Crippen LogP contribution in [0.3, 0.4) is 0 Å². The minimum absolute atomic E-state index is 0.0897. The van der Waals surface area contributed by atoms with E-state index in [1.165, 1.54) is 24.8 Å². The molecule has 0 amide bonds. The van der Waals surface area contributed by atoms with Crippen molar-refractivity contribution < 1.29 is 22.6 Å². The zero-order chi connectivity index (χ0) is 29.3. The number of hydrogen-bond acceptors (Lipinski definition) is 10. The standard InChI is InChI=1S/C26H27ClF3N9O2/c1-32-23-21(33-4-5-34-23)18(9-31)41-19-10-35-24-22(20(19)27)38(2)25(37-24)36-16-7-14(6-15(8-16)26(28,29)30)11-39-12-17(13-39)40-3/h4-10,17H,11-13,31H2,1-3H3,(H,32,34)(H,35,36,37). The Morgan fingerprint density at radius 2 is 1.95 bits per heavy atom. The number of nitrogens with one attached hydrogen (secondary N) is 2. The van der Waals surface area contributed by atoms with E-state index in [2.05, 4.69) is 30.6 Å². The fourth-order valence-corrected chi connectivity index (χ4v) is 4.78. The van der Waals surface area contributed by atoms with Crippen molar-refractivity contribution in [3.63, 3.8) is 0 Å². The number of aryl methyl sites for hydroxylation is 1. The van der Waals surface area contributed by atoms with Crippen molar-refractivity contribution in [1.82, 2.24) is 29.4 Å². The fourth-order valence-electron chi connectivity index (χ4n) is 4.48. The van der Waals surface area contributed by atoms with E-state index in [1.54, 1.807) is 31.8 Å². The number of hydrogen-bond donors (Lipinski definition) is 3. The SMILES string of the molecule is CNc1nccnc1C(=CN)Oc1cnc2nc(Nc3cc(CN4CC(OC)C4)cc(C(F)(F)F)c3)n(C)c2c1Cl. The average molecular weight is 590 g/mol. The van der Waals surface area contributed by atoms with Crippen LogP contribution in [0.25, 0.3) is 16.9 Å². The second-order valence-electron chi connectivity index (χ2n) is 9.33. The number of likely N-dealkylation sites (tertiary alicyclic amines) is 1. The molecule has 5 rings (SSSR count). The van der Waals surface area contributed by atoms with Crippen LogP contribution in [0.1, 0.15) is 16.8 Å². The van der Waals surface area contributed by atoms with Crippen molar-refractivity contribution in [3.8, 4) is 5.75 Å². The molecule has 0 saturated carbocycles. The van der Waals surface area contributed by atoms with Gasteiger partial charge in [0, 0.05) is 65.1 Å². The Labute approximate surface area is 238 Å². The van der Waals surface area contributed by atoms with Crippen LogP contribution in [-0.2, 0) is 24.5 Å². The second-order valence-corrected chi connectivity index (χ2v) is 9.71. The number of nitrogens with zero attached hydrogens (tertiary/aromatic N) is 6. The van der Waals surface area contributed by atoms with E-state index in [0.717, 1.165) is 12.1 Å². The molecule has 4 heterocycles. The van der Waals surface area contributed by atoms with Crippen LogP contribution in [0.15, 0.2) is 43.0 Å². The van der Waals surface area contributed by atoms with Gasteiger partial charge < -0.3 is 30.4 Å². The first-order valence-electron chi connectivity index (χ1n) is 12.4. The molecule has 4 N–H and O–H groups in total. The molecule has 216 valence electrons. The quantitative estimate of drug-likeness (QED) is 0.242. The Kier molecular flexibility index (Phi) is 7.89. The van der Waals surface area contributed by atoms with E-state index in [0.29, 0.717) is 42.2 Å². The predicted octanol–water partition coefficient (Wildman–Crippen LogP) is 4.38. The molecular formula is C26H27ClF3N9O2. The summed E-state index contributed by atoms with van der Waals surface area (Å²) in [7, 11) is 4.96. The highest BCUT2D eigenvalue weighted by atomic mass is 35.5. The van der Waals surface area contributed by atoms with Crippen molar-refractivity contribution >= 4 is 46.0 Å². The topological polar surface area (TPSA) is 128 Å². The summed E-state index contributed by atoms with van der Waals surface area (Å²) in [5, 5.41) is 6.08. The summed E-state index contributed by atoms with van der Waals surface area (Å²) < 4.78 is 54.0. The first-order valence-corrected chi connectivity index (χ1v) is 12.8. The third-order valence-electron chi connectivity index (χ3n) is 6.58. The Hall–Kier alpha value is -4.14. The highest BCUT2D eigenvalue weighted by Crippen LogP contribution is 2.37. The summed E-state index contributed by atoms with van der Waals surface area (Å²) in [6.45, 7) is 1.67. The van der Waals surface area contributed by atoms with Crippen LogP contribution in [0.4, 0.5) is 30.6 Å². The molecule has 3 aromatic heterocycles. The van der Waals surface area contributed by atoms with Crippen LogP contribution in [0.5, 0.6) is 5.75 Å². The molecule has 0 spiro atoms. The number of halogens is 4. The molecular weight excluding hydrogens is 563 g/mol. The van der Waals surface area contributed by atoms with E-state index in [1.807, 2.05) is 4.90 Å². The summed E-state index contributed by atoms with van der Waals surface area (Å²) in [5.41, 5.74) is 6.79. The summed E-state index contributed by atoms with van der Waals surface area (Å²) in [5.74, 6) is 1.03. The van der Waals surface area contributed by atoms with Gasteiger partial charge in [-0.2, -0.15) is 18.2 Å². The van der Waals surface area contributed by atoms with Crippen LogP contribution >= 0.6 is 11.6 Å². The third kappa shape index (κ3) is 5.85. The molecule has 41 heavy (non-hydrogen) atoms. The molecule has 0 atom stereocenters. The number of anilines is 3. The predicted molar refractivity (Wildman–Crippen MR) is 149 cm³/mol. The van der Waals surface area contributed by atoms with Crippen LogP contribution in [-0.4, -0.2) is 62.8 Å². The molecule has 4 aromatic rings. The summed E-state index contributed by atoms with van der Waals surface area (Å²) in [6.07, 6.45) is 1.18. The van der Waals surface area contributed by atoms with Crippen molar-refractivity contribution in [3.05, 3.63) is 64.8 Å². The maximum Gasteiger partial charge on any atom is 0.416 e. The van der Waals surface area contributed by atoms with Crippen molar-refractivity contribution in [1.29, 1.82) is 0 Å². The first kappa shape index (κ1) is 28.4. The zero-order valence-corrected chi connectivity index (χ0v) is 23.1. The van der Waals surface area contributed by atoms with E-state index < -0.39 is 11.7 Å². The van der Waals surface area contributed by atoms with Crippen LogP contribution < -0.4 is 21.1 Å². The molecule has 0 aliphatic carbocycles. The molecule has 0 radical (unpaired) electrons. The first-order chi connectivity index (χ1) is 19.6. The van der Waals surface area contributed by atoms with Gasteiger partial charge >= 0.3 is 6.18 Å². The number of ether oxygens (including phenoxy) is 2. The number of methoxy groups -OCH3 is 1.